The van der Waals surface area contributed by atoms with Crippen LogP contribution in [0.5, 0.6) is 11.5 Å². The van der Waals surface area contributed by atoms with Crippen molar-refractivity contribution in [1.29, 1.82) is 0 Å². The summed E-state index contributed by atoms with van der Waals surface area (Å²) in [5.74, 6) is 1.65. The van der Waals surface area contributed by atoms with Crippen LogP contribution in [0.15, 0.2) is 91.6 Å². The van der Waals surface area contributed by atoms with Gasteiger partial charge in [0.05, 0.1) is 24.2 Å². The Morgan fingerprint density at radius 2 is 1.78 bits per heavy atom. The highest BCUT2D eigenvalue weighted by atomic mass is 79.9. The van der Waals surface area contributed by atoms with Gasteiger partial charge in [-0.2, -0.15) is 9.78 Å². The molecule has 36 heavy (non-hydrogen) atoms. The van der Waals surface area contributed by atoms with Crippen LogP contribution in [0.3, 0.4) is 0 Å². The van der Waals surface area contributed by atoms with E-state index >= 15 is 0 Å². The van der Waals surface area contributed by atoms with Gasteiger partial charge in [0.1, 0.15) is 12.4 Å². The Hall–Kier alpha value is -3.49. The average molecular weight is 607 g/mol. The van der Waals surface area contributed by atoms with Gasteiger partial charge in [0, 0.05) is 14.5 Å². The fraction of sp³-hybridized carbons (Fsp3) is 0.107. The number of fused-ring (bicyclic) bond motifs is 2. The van der Waals surface area contributed by atoms with Gasteiger partial charge in [-0.15, -0.1) is 0 Å². The molecule has 180 valence electrons. The van der Waals surface area contributed by atoms with E-state index in [-0.39, 0.29) is 5.56 Å². The third-order valence-electron chi connectivity index (χ3n) is 5.83. The molecule has 5 aromatic rings. The maximum atomic E-state index is 13.0. The molecule has 0 unspecified atom stereocenters. The molecule has 0 bridgehead atoms. The van der Waals surface area contributed by atoms with Gasteiger partial charge in [-0.3, -0.25) is 4.79 Å². The maximum Gasteiger partial charge on any atom is 0.282 e. The van der Waals surface area contributed by atoms with Gasteiger partial charge in [0.25, 0.3) is 5.56 Å². The molecule has 0 amide bonds. The first kappa shape index (κ1) is 24.2. The molecule has 0 saturated heterocycles. The van der Waals surface area contributed by atoms with Crippen LogP contribution in [0.4, 0.5) is 0 Å². The Labute approximate surface area is 224 Å². The second-order valence-electron chi connectivity index (χ2n) is 8.13. The standard InChI is InChI=1S/C28H21Br2N3O3/c1-17-32-25-11-10-21(29)13-23(25)28(34)33(17)31-15-20-12-26(35-2)27(14-24(20)30)36-16-19-8-5-7-18-6-3-4-9-22(18)19/h3-15H,16H2,1-2H3. The summed E-state index contributed by atoms with van der Waals surface area (Å²) in [6, 6.07) is 23.5. The van der Waals surface area contributed by atoms with Gasteiger partial charge in [0.2, 0.25) is 0 Å². The minimum atomic E-state index is -0.242. The summed E-state index contributed by atoms with van der Waals surface area (Å²) < 4.78 is 14.6. The lowest BCUT2D eigenvalue weighted by atomic mass is 10.1. The van der Waals surface area contributed by atoms with Gasteiger partial charge in [-0.05, 0) is 69.5 Å². The fourth-order valence-corrected chi connectivity index (χ4v) is 4.80. The highest BCUT2D eigenvalue weighted by Crippen LogP contribution is 2.34. The lowest BCUT2D eigenvalue weighted by Crippen LogP contribution is -2.20. The molecular formula is C28H21Br2N3O3. The number of rotatable bonds is 6. The third kappa shape index (κ3) is 4.79. The molecule has 5 rings (SSSR count). The van der Waals surface area contributed by atoms with Crippen molar-refractivity contribution in [3.05, 3.63) is 109 Å². The Morgan fingerprint density at radius 1 is 0.972 bits per heavy atom. The summed E-state index contributed by atoms with van der Waals surface area (Å²) >= 11 is 7.01. The topological polar surface area (TPSA) is 65.7 Å². The van der Waals surface area contributed by atoms with Crippen LogP contribution in [-0.4, -0.2) is 23.0 Å². The Morgan fingerprint density at radius 3 is 2.61 bits per heavy atom. The van der Waals surface area contributed by atoms with Gasteiger partial charge in [-0.1, -0.05) is 58.4 Å². The normalized spacial score (nSPS) is 11.4. The second kappa shape index (κ2) is 10.2. The predicted octanol–water partition coefficient (Wildman–Crippen LogP) is 6.85. The summed E-state index contributed by atoms with van der Waals surface area (Å²) in [6.07, 6.45) is 1.60. The summed E-state index contributed by atoms with van der Waals surface area (Å²) in [6.45, 7) is 2.14. The maximum absolute atomic E-state index is 13.0. The average Bonchev–Trinajstić information content (AvgIpc) is 2.88. The van der Waals surface area contributed by atoms with Crippen molar-refractivity contribution in [1.82, 2.24) is 9.66 Å². The lowest BCUT2D eigenvalue weighted by Gasteiger charge is -2.14. The van der Waals surface area contributed by atoms with Crippen LogP contribution in [-0.2, 0) is 6.61 Å². The minimum Gasteiger partial charge on any atom is -0.493 e. The molecule has 0 aliphatic carbocycles. The molecule has 4 aromatic carbocycles. The molecule has 0 fully saturated rings. The summed E-state index contributed by atoms with van der Waals surface area (Å²) in [5, 5.41) is 7.23. The molecule has 0 radical (unpaired) electrons. The zero-order valence-corrected chi connectivity index (χ0v) is 22.7. The smallest absolute Gasteiger partial charge is 0.282 e. The first-order valence-corrected chi connectivity index (χ1v) is 12.7. The molecular weight excluding hydrogens is 586 g/mol. The van der Waals surface area contributed by atoms with Crippen molar-refractivity contribution in [2.45, 2.75) is 13.5 Å². The SMILES string of the molecule is COc1cc(C=Nn2c(C)nc3ccc(Br)cc3c2=O)c(Br)cc1OCc1cccc2ccccc12. The largest absolute Gasteiger partial charge is 0.493 e. The van der Waals surface area contributed by atoms with Crippen LogP contribution in [0.25, 0.3) is 21.7 Å². The second-order valence-corrected chi connectivity index (χ2v) is 9.90. The van der Waals surface area contributed by atoms with Crippen LogP contribution in [0, 0.1) is 6.92 Å². The van der Waals surface area contributed by atoms with Crippen LogP contribution < -0.4 is 15.0 Å². The van der Waals surface area contributed by atoms with Crippen LogP contribution in [0.1, 0.15) is 17.0 Å². The van der Waals surface area contributed by atoms with Gasteiger partial charge >= 0.3 is 0 Å². The number of ether oxygens (including phenoxy) is 2. The van der Waals surface area contributed by atoms with E-state index in [0.717, 1.165) is 25.5 Å². The summed E-state index contributed by atoms with van der Waals surface area (Å²) in [7, 11) is 1.59. The summed E-state index contributed by atoms with van der Waals surface area (Å²) in [4.78, 5) is 17.5. The molecule has 1 aromatic heterocycles. The number of nitrogens with zero attached hydrogens (tertiary/aromatic N) is 3. The number of methoxy groups -OCH3 is 1. The van der Waals surface area contributed by atoms with Crippen molar-refractivity contribution in [3.8, 4) is 11.5 Å². The minimum absolute atomic E-state index is 0.242. The monoisotopic (exact) mass is 605 g/mol. The van der Waals surface area contributed by atoms with Crippen LogP contribution >= 0.6 is 31.9 Å². The van der Waals surface area contributed by atoms with E-state index in [2.05, 4.69) is 66.2 Å². The molecule has 0 atom stereocenters. The Balaban J connectivity index is 1.44. The highest BCUT2D eigenvalue weighted by molar-refractivity contribution is 9.10. The molecule has 0 spiro atoms. The first-order valence-electron chi connectivity index (χ1n) is 11.1. The van der Waals surface area contributed by atoms with Crippen molar-refractivity contribution in [2.24, 2.45) is 5.10 Å². The number of benzene rings is 4. The van der Waals surface area contributed by atoms with Gasteiger partial charge in [-0.25, -0.2) is 4.98 Å². The van der Waals surface area contributed by atoms with Crippen molar-refractivity contribution >= 4 is 59.7 Å². The van der Waals surface area contributed by atoms with E-state index in [9.17, 15) is 4.79 Å². The van der Waals surface area contributed by atoms with E-state index in [4.69, 9.17) is 9.47 Å². The first-order chi connectivity index (χ1) is 17.4. The zero-order valence-electron chi connectivity index (χ0n) is 19.5. The molecule has 0 N–H and O–H groups in total. The Bertz CT molecular complexity index is 1690. The quantitative estimate of drug-likeness (QED) is 0.198. The van der Waals surface area contributed by atoms with Gasteiger partial charge < -0.3 is 9.47 Å². The lowest BCUT2D eigenvalue weighted by molar-refractivity contribution is 0.285. The van der Waals surface area contributed by atoms with E-state index in [1.54, 1.807) is 32.4 Å². The van der Waals surface area contributed by atoms with Crippen LogP contribution in [0.2, 0.25) is 0 Å². The molecule has 0 aliphatic rings. The number of halogens is 2. The Kier molecular flexibility index (Phi) is 6.89. The van der Waals surface area contributed by atoms with Crippen molar-refractivity contribution in [2.75, 3.05) is 7.11 Å². The van der Waals surface area contributed by atoms with Crippen molar-refractivity contribution < 1.29 is 9.47 Å². The van der Waals surface area contributed by atoms with Gasteiger partial charge in [0.15, 0.2) is 11.5 Å². The third-order valence-corrected chi connectivity index (χ3v) is 7.01. The number of aromatic nitrogens is 2. The summed E-state index contributed by atoms with van der Waals surface area (Å²) in [5.41, 5.74) is 2.20. The highest BCUT2D eigenvalue weighted by Gasteiger charge is 2.12. The number of hydrogen-bond acceptors (Lipinski definition) is 5. The molecule has 8 heteroatoms. The molecule has 0 saturated carbocycles. The van der Waals surface area contributed by atoms with E-state index in [1.165, 1.54) is 10.1 Å². The van der Waals surface area contributed by atoms with E-state index in [1.807, 2.05) is 36.4 Å². The van der Waals surface area contributed by atoms with E-state index in [0.29, 0.717) is 34.8 Å². The molecule has 6 nitrogen and oxygen atoms in total. The fourth-order valence-electron chi connectivity index (χ4n) is 4.01. The predicted molar refractivity (Wildman–Crippen MR) is 150 cm³/mol. The molecule has 0 aliphatic heterocycles. The van der Waals surface area contributed by atoms with Crippen molar-refractivity contribution in [3.63, 3.8) is 0 Å². The zero-order chi connectivity index (χ0) is 25.2. The number of hydrogen-bond donors (Lipinski definition) is 0. The molecule has 1 heterocycles. The van der Waals surface area contributed by atoms with E-state index < -0.39 is 0 Å². The number of aryl methyl sites for hydroxylation is 1.